The summed E-state index contributed by atoms with van der Waals surface area (Å²) in [6.07, 6.45) is 0. The van der Waals surface area contributed by atoms with E-state index in [-0.39, 0.29) is 10.8 Å². The number of amides is 1. The number of phenolic OH excluding ortho intramolecular Hbond substituents is 1. The predicted molar refractivity (Wildman–Crippen MR) is 92.4 cm³/mol. The number of halogens is 2. The van der Waals surface area contributed by atoms with Crippen LogP contribution in [0.4, 0.5) is 0 Å². The van der Waals surface area contributed by atoms with E-state index in [2.05, 4.69) is 0 Å². The first-order chi connectivity index (χ1) is 10.9. The Labute approximate surface area is 143 Å². The highest BCUT2D eigenvalue weighted by Crippen LogP contribution is 2.34. The topological polar surface area (TPSA) is 68.2 Å². The van der Waals surface area contributed by atoms with E-state index < -0.39 is 5.91 Å². The molecule has 0 bridgehead atoms. The molecular formula is C17H14Cl2N2O2. The third-order valence-corrected chi connectivity index (χ3v) is 4.41. The van der Waals surface area contributed by atoms with Gasteiger partial charge < -0.3 is 15.4 Å². The van der Waals surface area contributed by atoms with Crippen molar-refractivity contribution in [2.45, 2.75) is 13.5 Å². The number of carbonyl (C=O) groups is 1. The first-order valence-electron chi connectivity index (χ1n) is 6.94. The number of carbonyl (C=O) groups excluding carboxylic acids is 1. The van der Waals surface area contributed by atoms with Crippen LogP contribution in [0, 0.1) is 6.92 Å². The minimum Gasteiger partial charge on any atom is -0.506 e. The lowest BCUT2D eigenvalue weighted by Gasteiger charge is -2.09. The number of nitrogens with zero attached hydrogens (tertiary/aromatic N) is 1. The molecule has 0 saturated heterocycles. The highest BCUT2D eigenvalue weighted by atomic mass is 35.5. The number of aromatic hydroxyl groups is 1. The summed E-state index contributed by atoms with van der Waals surface area (Å²) in [5.74, 6) is -0.624. The minimum absolute atomic E-state index is 0.0819. The fraction of sp³-hybridized carbons (Fsp3) is 0.118. The molecule has 0 saturated carbocycles. The fourth-order valence-electron chi connectivity index (χ4n) is 2.82. The van der Waals surface area contributed by atoms with E-state index in [1.807, 2.05) is 29.7 Å². The van der Waals surface area contributed by atoms with Crippen LogP contribution in [0.25, 0.3) is 10.9 Å². The highest BCUT2D eigenvalue weighted by molar-refractivity contribution is 6.33. The average molecular weight is 349 g/mol. The Kier molecular flexibility index (Phi) is 3.96. The van der Waals surface area contributed by atoms with Crippen LogP contribution in [0.3, 0.4) is 0 Å². The summed E-state index contributed by atoms with van der Waals surface area (Å²) in [5.41, 5.74) is 8.33. The van der Waals surface area contributed by atoms with E-state index >= 15 is 0 Å². The van der Waals surface area contributed by atoms with Crippen LogP contribution in [0.1, 0.15) is 21.6 Å². The number of primary amides is 1. The molecule has 0 radical (unpaired) electrons. The van der Waals surface area contributed by atoms with Gasteiger partial charge in [0.2, 0.25) is 0 Å². The Balaban J connectivity index is 2.25. The number of rotatable bonds is 3. The lowest BCUT2D eigenvalue weighted by molar-refractivity contribution is 0.100. The molecule has 0 aliphatic heterocycles. The zero-order valence-electron chi connectivity index (χ0n) is 12.3. The van der Waals surface area contributed by atoms with Gasteiger partial charge in [-0.15, -0.1) is 0 Å². The lowest BCUT2D eigenvalue weighted by Crippen LogP contribution is -2.13. The van der Waals surface area contributed by atoms with Gasteiger partial charge in [0.05, 0.1) is 16.1 Å². The fourth-order valence-corrected chi connectivity index (χ4v) is 3.19. The molecule has 0 fully saturated rings. The van der Waals surface area contributed by atoms with E-state index in [0.29, 0.717) is 28.2 Å². The summed E-state index contributed by atoms with van der Waals surface area (Å²) >= 11 is 12.1. The van der Waals surface area contributed by atoms with Crippen molar-refractivity contribution in [2.24, 2.45) is 5.73 Å². The molecule has 0 aliphatic carbocycles. The van der Waals surface area contributed by atoms with Gasteiger partial charge in [-0.2, -0.15) is 0 Å². The first-order valence-corrected chi connectivity index (χ1v) is 7.69. The van der Waals surface area contributed by atoms with E-state index in [1.54, 1.807) is 12.1 Å². The van der Waals surface area contributed by atoms with Gasteiger partial charge in [0.25, 0.3) is 5.91 Å². The number of nitrogens with two attached hydrogens (primary N) is 1. The van der Waals surface area contributed by atoms with Crippen molar-refractivity contribution in [3.05, 3.63) is 63.3 Å². The van der Waals surface area contributed by atoms with Crippen LogP contribution >= 0.6 is 23.2 Å². The van der Waals surface area contributed by atoms with Gasteiger partial charge in [-0.1, -0.05) is 35.3 Å². The Morgan fingerprint density at radius 3 is 2.65 bits per heavy atom. The average Bonchev–Trinajstić information content (AvgIpc) is 2.72. The third-order valence-electron chi connectivity index (χ3n) is 3.87. The second-order valence-corrected chi connectivity index (χ2v) is 6.21. The van der Waals surface area contributed by atoms with Crippen molar-refractivity contribution >= 4 is 40.0 Å². The molecule has 0 atom stereocenters. The third kappa shape index (κ3) is 2.76. The molecular weight excluding hydrogens is 335 g/mol. The van der Waals surface area contributed by atoms with Gasteiger partial charge in [-0.3, -0.25) is 4.79 Å². The van der Waals surface area contributed by atoms with Crippen LogP contribution in [0.15, 0.2) is 36.4 Å². The van der Waals surface area contributed by atoms with Crippen LogP contribution in [-0.2, 0) is 6.54 Å². The summed E-state index contributed by atoms with van der Waals surface area (Å²) in [5, 5.41) is 11.3. The maximum absolute atomic E-state index is 11.8. The molecule has 0 aliphatic rings. The summed E-state index contributed by atoms with van der Waals surface area (Å²) in [4.78, 5) is 11.8. The Morgan fingerprint density at radius 1 is 1.26 bits per heavy atom. The molecule has 4 nitrogen and oxygen atoms in total. The van der Waals surface area contributed by atoms with E-state index in [1.165, 1.54) is 6.07 Å². The molecule has 0 spiro atoms. The summed E-state index contributed by atoms with van der Waals surface area (Å²) in [6, 6.07) is 10.6. The number of fused-ring (bicyclic) bond motifs is 1. The van der Waals surface area contributed by atoms with Crippen molar-refractivity contribution in [2.75, 3.05) is 0 Å². The molecule has 3 N–H and O–H groups in total. The maximum atomic E-state index is 11.8. The zero-order valence-corrected chi connectivity index (χ0v) is 13.8. The normalized spacial score (nSPS) is 11.1. The van der Waals surface area contributed by atoms with Crippen LogP contribution in [-0.4, -0.2) is 15.6 Å². The van der Waals surface area contributed by atoms with Gasteiger partial charge in [0.1, 0.15) is 5.75 Å². The Morgan fingerprint density at radius 2 is 2.00 bits per heavy atom. The number of phenols is 1. The standard InChI is InChI=1S/C17H14Cl2N2O2/c1-9-16(17(20)23)12-6-15(22)13(19)7-14(12)21(9)8-10-3-2-4-11(18)5-10/h2-7,22H,8H2,1H3,(H2,20,23). The molecule has 2 aromatic carbocycles. The van der Waals surface area contributed by atoms with Crippen LogP contribution in [0.5, 0.6) is 5.75 Å². The van der Waals surface area contributed by atoms with Gasteiger partial charge in [0.15, 0.2) is 0 Å². The smallest absolute Gasteiger partial charge is 0.251 e. The molecule has 1 heterocycles. The van der Waals surface area contributed by atoms with Gasteiger partial charge >= 0.3 is 0 Å². The first kappa shape index (κ1) is 15.7. The van der Waals surface area contributed by atoms with Gasteiger partial charge in [0, 0.05) is 22.6 Å². The lowest BCUT2D eigenvalue weighted by atomic mass is 10.1. The molecule has 23 heavy (non-hydrogen) atoms. The largest absolute Gasteiger partial charge is 0.506 e. The quantitative estimate of drug-likeness (QED) is 0.747. The number of aromatic nitrogens is 1. The minimum atomic E-state index is -0.543. The molecule has 3 aromatic rings. The monoisotopic (exact) mass is 348 g/mol. The van der Waals surface area contributed by atoms with Crippen molar-refractivity contribution in [1.29, 1.82) is 0 Å². The molecule has 1 aromatic heterocycles. The van der Waals surface area contributed by atoms with Crippen molar-refractivity contribution < 1.29 is 9.90 Å². The second-order valence-electron chi connectivity index (χ2n) is 5.36. The van der Waals surface area contributed by atoms with E-state index in [4.69, 9.17) is 28.9 Å². The molecule has 0 unspecified atom stereocenters. The van der Waals surface area contributed by atoms with Crippen molar-refractivity contribution in [3.8, 4) is 5.75 Å². The van der Waals surface area contributed by atoms with Gasteiger partial charge in [-0.05, 0) is 36.8 Å². The second kappa shape index (κ2) is 5.80. The van der Waals surface area contributed by atoms with E-state index in [9.17, 15) is 9.90 Å². The SMILES string of the molecule is Cc1c(C(N)=O)c2cc(O)c(Cl)cc2n1Cc1cccc(Cl)c1. The van der Waals surface area contributed by atoms with Crippen molar-refractivity contribution in [1.82, 2.24) is 4.57 Å². The zero-order chi connectivity index (χ0) is 16.7. The maximum Gasteiger partial charge on any atom is 0.251 e. The molecule has 118 valence electrons. The summed E-state index contributed by atoms with van der Waals surface area (Å²) in [7, 11) is 0. The van der Waals surface area contributed by atoms with Crippen molar-refractivity contribution in [3.63, 3.8) is 0 Å². The Bertz CT molecular complexity index is 932. The number of hydrogen-bond acceptors (Lipinski definition) is 2. The molecule has 3 rings (SSSR count). The number of benzene rings is 2. The van der Waals surface area contributed by atoms with Crippen LogP contribution in [0.2, 0.25) is 10.0 Å². The summed E-state index contributed by atoms with van der Waals surface area (Å²) < 4.78 is 1.94. The molecule has 6 heteroatoms. The number of hydrogen-bond donors (Lipinski definition) is 2. The van der Waals surface area contributed by atoms with Crippen LogP contribution < -0.4 is 5.73 Å². The van der Waals surface area contributed by atoms with E-state index in [0.717, 1.165) is 11.1 Å². The Hall–Kier alpha value is -2.17. The predicted octanol–water partition coefficient (Wildman–Crippen LogP) is 4.11. The molecule has 1 amide bonds. The highest BCUT2D eigenvalue weighted by Gasteiger charge is 2.20. The summed E-state index contributed by atoms with van der Waals surface area (Å²) in [6.45, 7) is 2.33. The van der Waals surface area contributed by atoms with Gasteiger partial charge in [-0.25, -0.2) is 0 Å².